The molecule has 2 heterocycles. The largest absolute Gasteiger partial charge is 0.339 e. The average molecular weight is 219 g/mol. The highest BCUT2D eigenvalue weighted by atomic mass is 35.5. The fourth-order valence-electron chi connectivity index (χ4n) is 1.46. The van der Waals surface area contributed by atoms with Crippen LogP contribution in [0.2, 0.25) is 0 Å². The van der Waals surface area contributed by atoms with E-state index in [2.05, 4.69) is 15.5 Å². The molecule has 6 heteroatoms. The summed E-state index contributed by atoms with van der Waals surface area (Å²) in [6.07, 6.45) is 1.07. The number of aromatic nitrogens is 2. The zero-order valence-corrected chi connectivity index (χ0v) is 8.88. The Hall–Kier alpha value is -0.650. The predicted octanol–water partition coefficient (Wildman–Crippen LogP) is 0.588. The van der Waals surface area contributed by atoms with Gasteiger partial charge in [-0.3, -0.25) is 0 Å². The van der Waals surface area contributed by atoms with Crippen LogP contribution >= 0.6 is 12.4 Å². The molecule has 0 aromatic carbocycles. The maximum absolute atomic E-state index is 5.63. The lowest BCUT2D eigenvalue weighted by atomic mass is 10.1. The molecule has 5 nitrogen and oxygen atoms in total. The maximum atomic E-state index is 5.63. The molecule has 0 amide bonds. The third-order valence-electron chi connectivity index (χ3n) is 2.27. The Morgan fingerprint density at radius 3 is 2.93 bits per heavy atom. The van der Waals surface area contributed by atoms with Crippen molar-refractivity contribution in [3.8, 4) is 0 Å². The molecular weight excluding hydrogens is 204 g/mol. The summed E-state index contributed by atoms with van der Waals surface area (Å²) >= 11 is 0. The van der Waals surface area contributed by atoms with Crippen molar-refractivity contribution >= 4 is 12.4 Å². The van der Waals surface area contributed by atoms with E-state index < -0.39 is 0 Å². The Bertz CT molecular complexity index is 283. The topological polar surface area (TPSA) is 77.0 Å². The molecule has 0 spiro atoms. The lowest BCUT2D eigenvalue weighted by Gasteiger charge is -1.98. The van der Waals surface area contributed by atoms with Crippen LogP contribution in [0.1, 0.15) is 37.0 Å². The number of nitrogens with zero attached hydrogens (tertiary/aromatic N) is 2. The summed E-state index contributed by atoms with van der Waals surface area (Å²) in [7, 11) is 0. The first kappa shape index (κ1) is 11.4. The summed E-state index contributed by atoms with van der Waals surface area (Å²) in [6.45, 7) is 3.81. The summed E-state index contributed by atoms with van der Waals surface area (Å²) in [5.74, 6) is 1.69. The van der Waals surface area contributed by atoms with E-state index in [1.54, 1.807) is 0 Å². The molecule has 3 N–H and O–H groups in total. The predicted molar refractivity (Wildman–Crippen MR) is 54.4 cm³/mol. The van der Waals surface area contributed by atoms with Crippen LogP contribution in [0.4, 0.5) is 0 Å². The number of halogens is 1. The molecule has 14 heavy (non-hydrogen) atoms. The van der Waals surface area contributed by atoms with Gasteiger partial charge >= 0.3 is 0 Å². The van der Waals surface area contributed by atoms with Gasteiger partial charge in [-0.1, -0.05) is 5.16 Å². The van der Waals surface area contributed by atoms with Gasteiger partial charge in [-0.2, -0.15) is 4.98 Å². The molecule has 1 aliphatic rings. The van der Waals surface area contributed by atoms with Gasteiger partial charge in [0.25, 0.3) is 0 Å². The molecule has 0 saturated carbocycles. The number of nitrogens with two attached hydrogens (primary N) is 1. The van der Waals surface area contributed by atoms with Crippen LogP contribution in [0.3, 0.4) is 0 Å². The van der Waals surface area contributed by atoms with Crippen molar-refractivity contribution < 1.29 is 4.52 Å². The molecule has 2 rings (SSSR count). The highest BCUT2D eigenvalue weighted by Crippen LogP contribution is 2.21. The molecule has 1 aromatic rings. The van der Waals surface area contributed by atoms with Crippen LogP contribution in [-0.2, 0) is 0 Å². The van der Waals surface area contributed by atoms with Crippen molar-refractivity contribution in [1.29, 1.82) is 0 Å². The van der Waals surface area contributed by atoms with Crippen LogP contribution in [0.25, 0.3) is 0 Å². The smallest absolute Gasteiger partial charge is 0.231 e. The van der Waals surface area contributed by atoms with Crippen LogP contribution in [0.15, 0.2) is 4.52 Å². The summed E-state index contributed by atoms with van der Waals surface area (Å²) in [6, 6.07) is -0.146. The van der Waals surface area contributed by atoms with Crippen molar-refractivity contribution in [1.82, 2.24) is 15.5 Å². The lowest BCUT2D eigenvalue weighted by molar-refractivity contribution is 0.353. The van der Waals surface area contributed by atoms with Gasteiger partial charge in [-0.25, -0.2) is 0 Å². The van der Waals surface area contributed by atoms with E-state index in [9.17, 15) is 0 Å². The van der Waals surface area contributed by atoms with Crippen molar-refractivity contribution in [2.75, 3.05) is 13.1 Å². The molecule has 1 aromatic heterocycles. The van der Waals surface area contributed by atoms with E-state index in [0.717, 1.165) is 25.4 Å². The number of nitrogens with one attached hydrogen (secondary N) is 1. The highest BCUT2D eigenvalue weighted by molar-refractivity contribution is 5.85. The van der Waals surface area contributed by atoms with Crippen molar-refractivity contribution in [2.45, 2.75) is 25.3 Å². The van der Waals surface area contributed by atoms with Crippen molar-refractivity contribution in [3.05, 3.63) is 11.7 Å². The Kier molecular flexibility index (Phi) is 3.86. The van der Waals surface area contributed by atoms with Crippen LogP contribution in [0.5, 0.6) is 0 Å². The SMILES string of the molecule is CC(N)c1noc([C@@H]2CCNC2)n1.Cl. The molecule has 0 aliphatic carbocycles. The standard InChI is InChI=1S/C8H14N4O.ClH/c1-5(9)7-11-8(13-12-7)6-2-3-10-4-6;/h5-6,10H,2-4,9H2,1H3;1H/t5?,6-;/m1./s1. The van der Waals surface area contributed by atoms with E-state index in [4.69, 9.17) is 10.3 Å². The fourth-order valence-corrected chi connectivity index (χ4v) is 1.46. The third kappa shape index (κ3) is 2.23. The lowest BCUT2D eigenvalue weighted by Crippen LogP contribution is -2.09. The second-order valence-electron chi connectivity index (χ2n) is 3.47. The van der Waals surface area contributed by atoms with E-state index >= 15 is 0 Å². The summed E-state index contributed by atoms with van der Waals surface area (Å²) in [5, 5.41) is 7.07. The van der Waals surface area contributed by atoms with Gasteiger partial charge < -0.3 is 15.6 Å². The van der Waals surface area contributed by atoms with E-state index in [1.165, 1.54) is 0 Å². The van der Waals surface area contributed by atoms with Gasteiger partial charge in [-0.15, -0.1) is 12.4 Å². The number of rotatable bonds is 2. The van der Waals surface area contributed by atoms with Gasteiger partial charge in [0.15, 0.2) is 5.82 Å². The maximum Gasteiger partial charge on any atom is 0.231 e. The number of hydrogen-bond acceptors (Lipinski definition) is 5. The molecule has 1 aliphatic heterocycles. The minimum atomic E-state index is -0.146. The summed E-state index contributed by atoms with van der Waals surface area (Å²) < 4.78 is 5.13. The van der Waals surface area contributed by atoms with Crippen LogP contribution in [0, 0.1) is 0 Å². The fraction of sp³-hybridized carbons (Fsp3) is 0.750. The molecule has 1 unspecified atom stereocenters. The van der Waals surface area contributed by atoms with Gasteiger partial charge in [0.05, 0.1) is 12.0 Å². The summed E-state index contributed by atoms with van der Waals surface area (Å²) in [4.78, 5) is 4.25. The first-order valence-corrected chi connectivity index (χ1v) is 4.57. The minimum Gasteiger partial charge on any atom is -0.339 e. The monoisotopic (exact) mass is 218 g/mol. The molecule has 2 atom stereocenters. The first-order chi connectivity index (χ1) is 6.27. The van der Waals surface area contributed by atoms with E-state index in [-0.39, 0.29) is 18.4 Å². The van der Waals surface area contributed by atoms with Gasteiger partial charge in [0, 0.05) is 6.54 Å². The Morgan fingerprint density at radius 1 is 1.64 bits per heavy atom. The molecule has 80 valence electrons. The highest BCUT2D eigenvalue weighted by Gasteiger charge is 2.23. The molecule has 1 fully saturated rings. The zero-order chi connectivity index (χ0) is 9.26. The molecule has 1 saturated heterocycles. The van der Waals surface area contributed by atoms with E-state index in [1.807, 2.05) is 6.92 Å². The zero-order valence-electron chi connectivity index (χ0n) is 8.06. The Labute approximate surface area is 88.8 Å². The second kappa shape index (κ2) is 4.72. The molecule has 0 bridgehead atoms. The summed E-state index contributed by atoms with van der Waals surface area (Å²) in [5.41, 5.74) is 5.63. The van der Waals surface area contributed by atoms with Crippen LogP contribution < -0.4 is 11.1 Å². The van der Waals surface area contributed by atoms with Crippen molar-refractivity contribution in [2.24, 2.45) is 5.73 Å². The number of hydrogen-bond donors (Lipinski definition) is 2. The molecular formula is C8H15ClN4O. The first-order valence-electron chi connectivity index (χ1n) is 4.57. The van der Waals surface area contributed by atoms with Gasteiger partial charge in [-0.05, 0) is 19.9 Å². The van der Waals surface area contributed by atoms with Crippen LogP contribution in [-0.4, -0.2) is 23.2 Å². The minimum absolute atomic E-state index is 0. The average Bonchev–Trinajstić information content (AvgIpc) is 2.75. The third-order valence-corrected chi connectivity index (χ3v) is 2.27. The Balaban J connectivity index is 0.000000980. The normalized spacial score (nSPS) is 23.1. The quantitative estimate of drug-likeness (QED) is 0.760. The van der Waals surface area contributed by atoms with Gasteiger partial charge in [0.2, 0.25) is 5.89 Å². The van der Waals surface area contributed by atoms with E-state index in [0.29, 0.717) is 11.7 Å². The molecule has 0 radical (unpaired) electrons. The van der Waals surface area contributed by atoms with Crippen molar-refractivity contribution in [3.63, 3.8) is 0 Å². The van der Waals surface area contributed by atoms with Gasteiger partial charge in [0.1, 0.15) is 0 Å². The Morgan fingerprint density at radius 2 is 2.43 bits per heavy atom. The second-order valence-corrected chi connectivity index (χ2v) is 3.47.